The van der Waals surface area contributed by atoms with Crippen LogP contribution in [0.5, 0.6) is 5.75 Å². The second-order valence-corrected chi connectivity index (χ2v) is 9.98. The number of hydrogen-bond acceptors (Lipinski definition) is 6. The average molecular weight is 454 g/mol. The molecule has 0 aliphatic heterocycles. The smallest absolute Gasteiger partial charge is 0.342 e. The molecule has 0 N–H and O–H groups in total. The van der Waals surface area contributed by atoms with Gasteiger partial charge in [0, 0.05) is 14.1 Å². The molecule has 0 unspecified atom stereocenters. The summed E-state index contributed by atoms with van der Waals surface area (Å²) in [6.07, 6.45) is 0. The number of hydrogen-bond donors (Lipinski definition) is 0. The van der Waals surface area contributed by atoms with Crippen LogP contribution in [-0.4, -0.2) is 33.7 Å². The van der Waals surface area contributed by atoms with Gasteiger partial charge in [-0.1, -0.05) is 12.1 Å². The Hall–Kier alpha value is -2.92. The molecule has 0 radical (unpaired) electrons. The van der Waals surface area contributed by atoms with E-state index in [-0.39, 0.29) is 16.3 Å². The second kappa shape index (κ2) is 7.73. The van der Waals surface area contributed by atoms with Crippen molar-refractivity contribution in [2.45, 2.75) is 23.6 Å². The van der Waals surface area contributed by atoms with E-state index in [9.17, 15) is 21.2 Å². The molecular weight excluding hydrogens is 433 g/mol. The molecule has 0 atom stereocenters. The summed E-state index contributed by atoms with van der Waals surface area (Å²) < 4.78 is 72.1. The number of aryl methyl sites for hydroxylation is 2. The van der Waals surface area contributed by atoms with Gasteiger partial charge in [0.15, 0.2) is 0 Å². The first-order valence-electron chi connectivity index (χ1n) is 8.73. The molecule has 11 heteroatoms. The Bertz CT molecular complexity index is 1300. The normalized spacial score (nSPS) is 12.0. The predicted molar refractivity (Wildman–Crippen MR) is 109 cm³/mol. The predicted octanol–water partition coefficient (Wildman–Crippen LogP) is 2.77. The molecule has 0 aliphatic carbocycles. The minimum Gasteiger partial charge on any atom is -0.379 e. The van der Waals surface area contributed by atoms with Crippen molar-refractivity contribution in [3.05, 3.63) is 65.7 Å². The highest BCUT2D eigenvalue weighted by atomic mass is 32.2. The van der Waals surface area contributed by atoms with Crippen LogP contribution in [0, 0.1) is 19.7 Å². The maximum atomic E-state index is 13.9. The van der Waals surface area contributed by atoms with Crippen molar-refractivity contribution in [3.8, 4) is 5.75 Å². The van der Waals surface area contributed by atoms with Crippen LogP contribution >= 0.6 is 0 Å². The highest BCUT2D eigenvalue weighted by molar-refractivity contribution is 7.92. The highest BCUT2D eigenvalue weighted by Gasteiger charge is 2.27. The minimum atomic E-state index is -4.13. The standard InChI is InChI=1S/C19H20FN3O5S2/c1-13-19(14(2)22(3)21-13)30(26,27)28-16-11-9-15(10-12-16)23(4)29(24,25)18-8-6-5-7-17(18)20/h5-12H,1-4H3. The van der Waals surface area contributed by atoms with Crippen molar-refractivity contribution in [3.63, 3.8) is 0 Å². The molecule has 0 bridgehead atoms. The first kappa shape index (κ1) is 21.8. The molecule has 2 aromatic carbocycles. The molecule has 0 fully saturated rings. The van der Waals surface area contributed by atoms with Gasteiger partial charge in [-0.15, -0.1) is 0 Å². The Balaban J connectivity index is 1.87. The maximum Gasteiger partial charge on any atom is 0.342 e. The largest absolute Gasteiger partial charge is 0.379 e. The maximum absolute atomic E-state index is 13.9. The number of aromatic nitrogens is 2. The van der Waals surface area contributed by atoms with E-state index >= 15 is 0 Å². The third kappa shape index (κ3) is 3.90. The van der Waals surface area contributed by atoms with Crippen molar-refractivity contribution < 1.29 is 25.4 Å². The van der Waals surface area contributed by atoms with Crippen molar-refractivity contribution in [2.24, 2.45) is 7.05 Å². The lowest BCUT2D eigenvalue weighted by atomic mass is 10.3. The van der Waals surface area contributed by atoms with Gasteiger partial charge in [0.05, 0.1) is 17.1 Å². The minimum absolute atomic E-state index is 0.00177. The van der Waals surface area contributed by atoms with Gasteiger partial charge in [-0.25, -0.2) is 12.8 Å². The highest BCUT2D eigenvalue weighted by Crippen LogP contribution is 2.28. The van der Waals surface area contributed by atoms with E-state index < -0.39 is 30.9 Å². The monoisotopic (exact) mass is 453 g/mol. The van der Waals surface area contributed by atoms with Gasteiger partial charge >= 0.3 is 10.1 Å². The fourth-order valence-corrected chi connectivity index (χ4v) is 5.54. The van der Waals surface area contributed by atoms with Crippen LogP contribution in [-0.2, 0) is 27.2 Å². The van der Waals surface area contributed by atoms with Gasteiger partial charge in [-0.05, 0) is 50.2 Å². The summed E-state index contributed by atoms with van der Waals surface area (Å²) in [7, 11) is -5.36. The molecule has 1 aromatic heterocycles. The van der Waals surface area contributed by atoms with Crippen LogP contribution in [0.15, 0.2) is 58.3 Å². The molecular formula is C19H20FN3O5S2. The molecule has 3 aromatic rings. The Kier molecular flexibility index (Phi) is 5.61. The molecule has 0 aliphatic rings. The van der Waals surface area contributed by atoms with E-state index in [4.69, 9.17) is 4.18 Å². The van der Waals surface area contributed by atoms with Gasteiger partial charge < -0.3 is 4.18 Å². The van der Waals surface area contributed by atoms with E-state index in [1.165, 1.54) is 54.2 Å². The summed E-state index contributed by atoms with van der Waals surface area (Å²) in [5, 5.41) is 4.07. The Labute approximate surface area is 174 Å². The van der Waals surface area contributed by atoms with Crippen molar-refractivity contribution in [1.29, 1.82) is 0 Å². The van der Waals surface area contributed by atoms with Crippen LogP contribution in [0.1, 0.15) is 11.4 Å². The van der Waals surface area contributed by atoms with Gasteiger partial charge in [0.25, 0.3) is 10.0 Å². The van der Waals surface area contributed by atoms with Crippen LogP contribution in [0.2, 0.25) is 0 Å². The second-order valence-electron chi connectivity index (χ2n) is 6.56. The fourth-order valence-electron chi connectivity index (χ4n) is 2.94. The van der Waals surface area contributed by atoms with E-state index in [0.717, 1.165) is 10.4 Å². The summed E-state index contributed by atoms with van der Waals surface area (Å²) in [5.41, 5.74) is 0.943. The van der Waals surface area contributed by atoms with Gasteiger partial charge in [-0.3, -0.25) is 8.99 Å². The number of sulfonamides is 1. The van der Waals surface area contributed by atoms with Crippen molar-refractivity contribution >= 4 is 25.8 Å². The molecule has 3 rings (SSSR count). The first-order valence-corrected chi connectivity index (χ1v) is 11.6. The van der Waals surface area contributed by atoms with E-state index in [1.54, 1.807) is 20.9 Å². The zero-order valence-electron chi connectivity index (χ0n) is 16.7. The van der Waals surface area contributed by atoms with Crippen molar-refractivity contribution in [2.75, 3.05) is 11.4 Å². The molecule has 160 valence electrons. The van der Waals surface area contributed by atoms with E-state index in [2.05, 4.69) is 5.10 Å². The van der Waals surface area contributed by atoms with E-state index in [0.29, 0.717) is 11.4 Å². The number of nitrogens with zero attached hydrogens (tertiary/aromatic N) is 3. The zero-order chi connectivity index (χ0) is 22.3. The summed E-state index contributed by atoms with van der Waals surface area (Å²) >= 11 is 0. The van der Waals surface area contributed by atoms with Gasteiger partial charge in [0.1, 0.15) is 21.4 Å². The Morgan fingerprint density at radius 2 is 1.60 bits per heavy atom. The lowest BCUT2D eigenvalue weighted by Gasteiger charge is -2.20. The third-order valence-electron chi connectivity index (χ3n) is 4.57. The topological polar surface area (TPSA) is 98.6 Å². The molecule has 0 spiro atoms. The number of rotatable bonds is 6. The number of benzene rings is 2. The number of anilines is 1. The van der Waals surface area contributed by atoms with Crippen molar-refractivity contribution in [1.82, 2.24) is 9.78 Å². The summed E-state index contributed by atoms with van der Waals surface area (Å²) in [4.78, 5) is -0.480. The SMILES string of the molecule is Cc1nn(C)c(C)c1S(=O)(=O)Oc1ccc(N(C)S(=O)(=O)c2ccccc2F)cc1. The summed E-state index contributed by atoms with van der Waals surface area (Å²) in [5.74, 6) is -0.865. The summed E-state index contributed by atoms with van der Waals surface area (Å²) in [6.45, 7) is 3.18. The van der Waals surface area contributed by atoms with Crippen LogP contribution in [0.3, 0.4) is 0 Å². The summed E-state index contributed by atoms with van der Waals surface area (Å²) in [6, 6.07) is 10.4. The Morgan fingerprint density at radius 3 is 2.13 bits per heavy atom. The van der Waals surface area contributed by atoms with Crippen LogP contribution < -0.4 is 8.49 Å². The first-order chi connectivity index (χ1) is 13.9. The lowest BCUT2D eigenvalue weighted by molar-refractivity contribution is 0.484. The molecule has 0 saturated carbocycles. The Morgan fingerprint density at radius 1 is 1.00 bits per heavy atom. The van der Waals surface area contributed by atoms with Gasteiger partial charge in [-0.2, -0.15) is 13.5 Å². The molecule has 1 heterocycles. The number of halogens is 1. The molecule has 0 saturated heterocycles. The fraction of sp³-hybridized carbons (Fsp3) is 0.211. The quantitative estimate of drug-likeness (QED) is 0.532. The molecule has 30 heavy (non-hydrogen) atoms. The van der Waals surface area contributed by atoms with Crippen LogP contribution in [0.25, 0.3) is 0 Å². The third-order valence-corrected chi connectivity index (χ3v) is 7.90. The lowest BCUT2D eigenvalue weighted by Crippen LogP contribution is -2.27. The average Bonchev–Trinajstić information content (AvgIpc) is 2.94. The van der Waals surface area contributed by atoms with Gasteiger partial charge in [0.2, 0.25) is 0 Å². The molecule has 8 nitrogen and oxygen atoms in total. The van der Waals surface area contributed by atoms with Crippen LogP contribution in [0.4, 0.5) is 10.1 Å². The zero-order valence-corrected chi connectivity index (χ0v) is 18.3. The molecule has 0 amide bonds. The van der Waals surface area contributed by atoms with E-state index in [1.807, 2.05) is 0 Å².